The van der Waals surface area contributed by atoms with Crippen LogP contribution in [0.25, 0.3) is 0 Å². The Labute approximate surface area is 95.4 Å². The summed E-state index contributed by atoms with van der Waals surface area (Å²) in [5.41, 5.74) is -0.793. The van der Waals surface area contributed by atoms with Crippen LogP contribution in [0, 0.1) is 11.6 Å². The number of aliphatic hydroxyl groups is 1. The molecule has 1 aromatic rings. The lowest BCUT2D eigenvalue weighted by molar-refractivity contribution is 0.0944. The molecule has 0 spiro atoms. The molecule has 2 N–H and O–H groups in total. The first kappa shape index (κ1) is 12.4. The fraction of sp³-hybridized carbons (Fsp3) is 0.400. The van der Waals surface area contributed by atoms with Crippen LogP contribution in [0.2, 0.25) is 0 Å². The van der Waals surface area contributed by atoms with Gasteiger partial charge < -0.3 is 10.4 Å². The summed E-state index contributed by atoms with van der Waals surface area (Å²) in [7, 11) is 0. The summed E-state index contributed by atoms with van der Waals surface area (Å²) in [6.45, 7) is 3.37. The van der Waals surface area contributed by atoms with Crippen molar-refractivity contribution in [2.75, 3.05) is 11.9 Å². The molecule has 0 radical (unpaired) electrons. The predicted molar refractivity (Wildman–Crippen MR) is 58.8 cm³/mol. The van der Waals surface area contributed by atoms with Gasteiger partial charge in [0.2, 0.25) is 0 Å². The van der Waals surface area contributed by atoms with Crippen LogP contribution < -0.4 is 5.32 Å². The van der Waals surface area contributed by atoms with Gasteiger partial charge in [-0.05, 0) is 35.8 Å². The molecule has 2 nitrogen and oxygen atoms in total. The highest BCUT2D eigenvalue weighted by Gasteiger charge is 2.14. The molecule has 0 heterocycles. The molecule has 0 aromatic heterocycles. The van der Waals surface area contributed by atoms with Crippen molar-refractivity contribution in [2.45, 2.75) is 19.4 Å². The summed E-state index contributed by atoms with van der Waals surface area (Å²) < 4.78 is 26.3. The molecule has 0 unspecified atom stereocenters. The number of halogens is 3. The van der Waals surface area contributed by atoms with Crippen LogP contribution in [0.3, 0.4) is 0 Å². The van der Waals surface area contributed by atoms with Crippen molar-refractivity contribution in [2.24, 2.45) is 0 Å². The topological polar surface area (TPSA) is 32.3 Å². The van der Waals surface area contributed by atoms with Gasteiger partial charge in [-0.1, -0.05) is 0 Å². The SMILES string of the molecule is CC(C)(O)CNc1cc(Br)c(F)cc1F. The van der Waals surface area contributed by atoms with Crippen molar-refractivity contribution in [3.8, 4) is 0 Å². The maximum absolute atomic E-state index is 13.2. The van der Waals surface area contributed by atoms with E-state index in [4.69, 9.17) is 0 Å². The highest BCUT2D eigenvalue weighted by molar-refractivity contribution is 9.10. The van der Waals surface area contributed by atoms with Crippen LogP contribution in [0.4, 0.5) is 14.5 Å². The van der Waals surface area contributed by atoms with E-state index in [2.05, 4.69) is 21.2 Å². The first-order chi connectivity index (χ1) is 6.79. The Morgan fingerprint density at radius 3 is 2.47 bits per heavy atom. The molecule has 0 atom stereocenters. The zero-order valence-electron chi connectivity index (χ0n) is 8.44. The van der Waals surface area contributed by atoms with Crippen LogP contribution in [-0.4, -0.2) is 17.3 Å². The van der Waals surface area contributed by atoms with E-state index < -0.39 is 17.2 Å². The van der Waals surface area contributed by atoms with Gasteiger partial charge in [0.05, 0.1) is 15.8 Å². The lowest BCUT2D eigenvalue weighted by Crippen LogP contribution is -2.29. The van der Waals surface area contributed by atoms with E-state index in [1.807, 2.05) is 0 Å². The smallest absolute Gasteiger partial charge is 0.149 e. The monoisotopic (exact) mass is 279 g/mol. The second-order valence-corrected chi connectivity index (χ2v) is 4.77. The zero-order chi connectivity index (χ0) is 11.6. The molecule has 0 bridgehead atoms. The maximum atomic E-state index is 13.2. The minimum atomic E-state index is -0.951. The number of anilines is 1. The van der Waals surface area contributed by atoms with Gasteiger partial charge in [0.1, 0.15) is 11.6 Å². The van der Waals surface area contributed by atoms with Crippen molar-refractivity contribution in [1.82, 2.24) is 0 Å². The molecule has 0 aliphatic heterocycles. The fourth-order valence-corrected chi connectivity index (χ4v) is 1.31. The number of nitrogens with one attached hydrogen (secondary N) is 1. The van der Waals surface area contributed by atoms with Crippen LogP contribution in [0.15, 0.2) is 16.6 Å². The number of benzene rings is 1. The molecule has 0 amide bonds. The maximum Gasteiger partial charge on any atom is 0.149 e. The van der Waals surface area contributed by atoms with Crippen molar-refractivity contribution in [3.63, 3.8) is 0 Å². The molecule has 1 rings (SSSR count). The van der Waals surface area contributed by atoms with Crippen LogP contribution in [0.5, 0.6) is 0 Å². The van der Waals surface area contributed by atoms with Gasteiger partial charge in [-0.15, -0.1) is 0 Å². The summed E-state index contributed by atoms with van der Waals surface area (Å²) in [5.74, 6) is -1.33. The van der Waals surface area contributed by atoms with E-state index >= 15 is 0 Å². The van der Waals surface area contributed by atoms with E-state index in [0.717, 1.165) is 6.07 Å². The second kappa shape index (κ2) is 4.45. The van der Waals surface area contributed by atoms with Crippen molar-refractivity contribution < 1.29 is 13.9 Å². The van der Waals surface area contributed by atoms with Crippen LogP contribution >= 0.6 is 15.9 Å². The quantitative estimate of drug-likeness (QED) is 0.834. The average molecular weight is 280 g/mol. The highest BCUT2D eigenvalue weighted by Crippen LogP contribution is 2.23. The molecule has 0 aliphatic carbocycles. The van der Waals surface area contributed by atoms with E-state index in [-0.39, 0.29) is 16.7 Å². The number of rotatable bonds is 3. The largest absolute Gasteiger partial charge is 0.389 e. The van der Waals surface area contributed by atoms with Gasteiger partial charge in [-0.25, -0.2) is 8.78 Å². The zero-order valence-corrected chi connectivity index (χ0v) is 10.0. The first-order valence-corrected chi connectivity index (χ1v) is 5.20. The predicted octanol–water partition coefficient (Wildman–Crippen LogP) is 2.91. The Morgan fingerprint density at radius 2 is 1.93 bits per heavy atom. The normalized spacial score (nSPS) is 11.6. The molecule has 0 fully saturated rings. The second-order valence-electron chi connectivity index (χ2n) is 3.91. The van der Waals surface area contributed by atoms with Gasteiger partial charge in [-0.3, -0.25) is 0 Å². The Balaban J connectivity index is 2.82. The van der Waals surface area contributed by atoms with E-state index in [9.17, 15) is 13.9 Å². The first-order valence-electron chi connectivity index (χ1n) is 4.40. The summed E-state index contributed by atoms with van der Waals surface area (Å²) in [6, 6.07) is 2.09. The minimum absolute atomic E-state index is 0.158. The van der Waals surface area contributed by atoms with Gasteiger partial charge >= 0.3 is 0 Å². The third-order valence-corrected chi connectivity index (χ3v) is 2.33. The summed E-state index contributed by atoms with van der Waals surface area (Å²) in [5, 5.41) is 12.1. The van der Waals surface area contributed by atoms with E-state index in [1.54, 1.807) is 13.8 Å². The molecular formula is C10H12BrF2NO. The van der Waals surface area contributed by atoms with Crippen LogP contribution in [0.1, 0.15) is 13.8 Å². The van der Waals surface area contributed by atoms with Crippen molar-refractivity contribution >= 4 is 21.6 Å². The van der Waals surface area contributed by atoms with Gasteiger partial charge in [0.15, 0.2) is 0 Å². The van der Waals surface area contributed by atoms with Crippen LogP contribution in [-0.2, 0) is 0 Å². The molecule has 1 aromatic carbocycles. The summed E-state index contributed by atoms with van der Waals surface area (Å²) >= 11 is 2.96. The summed E-state index contributed by atoms with van der Waals surface area (Å²) in [6.07, 6.45) is 0. The molecule has 0 aliphatic rings. The third kappa shape index (κ3) is 3.76. The molecule has 15 heavy (non-hydrogen) atoms. The molecule has 0 saturated heterocycles. The summed E-state index contributed by atoms with van der Waals surface area (Å²) in [4.78, 5) is 0. The molecule has 84 valence electrons. The standard InChI is InChI=1S/C10H12BrF2NO/c1-10(2,15)5-14-9-3-6(11)7(12)4-8(9)13/h3-4,14-15H,5H2,1-2H3. The van der Waals surface area contributed by atoms with Gasteiger partial charge in [0.25, 0.3) is 0 Å². The van der Waals surface area contributed by atoms with E-state index in [1.165, 1.54) is 6.07 Å². The van der Waals surface area contributed by atoms with E-state index in [0.29, 0.717) is 0 Å². The Hall–Kier alpha value is -0.680. The average Bonchev–Trinajstić information content (AvgIpc) is 2.07. The number of hydrogen-bond acceptors (Lipinski definition) is 2. The van der Waals surface area contributed by atoms with Gasteiger partial charge in [-0.2, -0.15) is 0 Å². The molecule has 5 heteroatoms. The lowest BCUT2D eigenvalue weighted by Gasteiger charge is -2.19. The lowest BCUT2D eigenvalue weighted by atomic mass is 10.1. The Morgan fingerprint density at radius 1 is 1.33 bits per heavy atom. The third-order valence-electron chi connectivity index (χ3n) is 1.72. The number of hydrogen-bond donors (Lipinski definition) is 2. The van der Waals surface area contributed by atoms with Crippen molar-refractivity contribution in [3.05, 3.63) is 28.2 Å². The van der Waals surface area contributed by atoms with Gasteiger partial charge in [0, 0.05) is 12.6 Å². The Bertz CT molecular complexity index is 363. The fourth-order valence-electron chi connectivity index (χ4n) is 0.970. The minimum Gasteiger partial charge on any atom is -0.389 e. The molecular weight excluding hydrogens is 268 g/mol. The highest BCUT2D eigenvalue weighted by atomic mass is 79.9. The van der Waals surface area contributed by atoms with Crippen molar-refractivity contribution in [1.29, 1.82) is 0 Å². The Kier molecular flexibility index (Phi) is 3.67. The molecule has 0 saturated carbocycles.